The Labute approximate surface area is 178 Å². The van der Waals surface area contributed by atoms with Gasteiger partial charge in [0.05, 0.1) is 17.8 Å². The van der Waals surface area contributed by atoms with Crippen molar-refractivity contribution < 1.29 is 9.59 Å². The van der Waals surface area contributed by atoms with Crippen molar-refractivity contribution in [1.82, 2.24) is 5.01 Å². The Bertz CT molecular complexity index is 1110. The molecule has 0 radical (unpaired) electrons. The first-order chi connectivity index (χ1) is 14.7. The Morgan fingerprint density at radius 1 is 0.767 bits per heavy atom. The number of urea groups is 1. The van der Waals surface area contributed by atoms with Crippen molar-refractivity contribution in [2.75, 3.05) is 9.80 Å². The van der Waals surface area contributed by atoms with E-state index >= 15 is 0 Å². The quantitative estimate of drug-likeness (QED) is 0.590. The largest absolute Gasteiger partial charge is 0.339 e. The van der Waals surface area contributed by atoms with Gasteiger partial charge in [0, 0.05) is 5.69 Å². The summed E-state index contributed by atoms with van der Waals surface area (Å²) in [6.45, 7) is 0.398. The van der Waals surface area contributed by atoms with Crippen LogP contribution in [0.4, 0.5) is 16.2 Å². The van der Waals surface area contributed by atoms with Crippen LogP contribution in [-0.4, -0.2) is 27.5 Å². The molecule has 1 saturated heterocycles. The number of carbonyl (C=O) groups is 2. The number of imide groups is 1. The highest BCUT2D eigenvalue weighted by Gasteiger charge is 2.64. The molecule has 2 aliphatic heterocycles. The number of para-hydroxylation sites is 2. The maximum absolute atomic E-state index is 13.8. The summed E-state index contributed by atoms with van der Waals surface area (Å²) in [6, 6.07) is 27.7. The SMILES string of the molecule is O=C1N(c2ccccc2)C(=O)[C@@]2(SC=NN2Cc2ccccc2)N1c1ccccc1. The van der Waals surface area contributed by atoms with Crippen molar-refractivity contribution in [3.63, 3.8) is 0 Å². The number of thioether (sulfide) groups is 1. The number of anilines is 2. The van der Waals surface area contributed by atoms with Crippen LogP contribution in [0.3, 0.4) is 0 Å². The molecule has 3 aromatic carbocycles. The monoisotopic (exact) mass is 414 g/mol. The second-order valence-corrected chi connectivity index (χ2v) is 7.94. The standard InChI is InChI=1S/C23H18N4O2S/c28-21-23(25(24-17-30-23)16-18-10-4-1-5-11-18)27(20-14-8-3-9-15-20)22(29)26(21)19-12-6-2-7-13-19/h1-15,17H,16H2/t23-/m0/s1. The van der Waals surface area contributed by atoms with Gasteiger partial charge in [-0.2, -0.15) is 5.10 Å². The van der Waals surface area contributed by atoms with E-state index < -0.39 is 11.0 Å². The minimum absolute atomic E-state index is 0.332. The average molecular weight is 414 g/mol. The van der Waals surface area contributed by atoms with Gasteiger partial charge >= 0.3 is 6.03 Å². The van der Waals surface area contributed by atoms with E-state index in [1.807, 2.05) is 78.9 Å². The molecule has 0 bridgehead atoms. The van der Waals surface area contributed by atoms with Gasteiger partial charge in [-0.25, -0.2) is 14.7 Å². The van der Waals surface area contributed by atoms with Gasteiger partial charge in [-0.05, 0) is 41.6 Å². The van der Waals surface area contributed by atoms with Gasteiger partial charge in [-0.3, -0.25) is 9.69 Å². The Balaban J connectivity index is 1.63. The van der Waals surface area contributed by atoms with E-state index in [0.29, 0.717) is 17.9 Å². The molecule has 6 nitrogen and oxygen atoms in total. The van der Waals surface area contributed by atoms with Gasteiger partial charge in [0.25, 0.3) is 10.9 Å². The van der Waals surface area contributed by atoms with Crippen molar-refractivity contribution >= 4 is 40.6 Å². The Kier molecular flexibility index (Phi) is 4.52. The average Bonchev–Trinajstić information content (AvgIpc) is 3.29. The van der Waals surface area contributed by atoms with Crippen molar-refractivity contribution in [3.8, 4) is 0 Å². The predicted molar refractivity (Wildman–Crippen MR) is 119 cm³/mol. The van der Waals surface area contributed by atoms with Crippen LogP contribution in [0.1, 0.15) is 5.56 Å². The zero-order valence-corrected chi connectivity index (χ0v) is 16.8. The van der Waals surface area contributed by atoms with Crippen molar-refractivity contribution in [3.05, 3.63) is 96.6 Å². The molecule has 1 atom stereocenters. The molecule has 1 spiro atoms. The lowest BCUT2D eigenvalue weighted by molar-refractivity contribution is -0.123. The summed E-state index contributed by atoms with van der Waals surface area (Å²) in [5, 5.41) is 6.18. The summed E-state index contributed by atoms with van der Waals surface area (Å²) in [5.41, 5.74) is 3.82. The van der Waals surface area contributed by atoms with E-state index in [2.05, 4.69) is 5.10 Å². The highest BCUT2D eigenvalue weighted by Crippen LogP contribution is 2.47. The molecule has 5 rings (SSSR count). The fourth-order valence-electron chi connectivity index (χ4n) is 3.75. The molecular formula is C23H18N4O2S. The smallest absolute Gasteiger partial charge is 0.268 e. The number of benzene rings is 3. The number of nitrogens with zero attached hydrogens (tertiary/aromatic N) is 4. The van der Waals surface area contributed by atoms with Crippen LogP contribution < -0.4 is 9.80 Å². The van der Waals surface area contributed by atoms with E-state index in [0.717, 1.165) is 5.56 Å². The Morgan fingerprint density at radius 2 is 1.33 bits per heavy atom. The maximum Gasteiger partial charge on any atom is 0.339 e. The van der Waals surface area contributed by atoms with Crippen molar-refractivity contribution in [2.24, 2.45) is 5.10 Å². The molecule has 0 saturated carbocycles. The van der Waals surface area contributed by atoms with Crippen LogP contribution in [0.25, 0.3) is 0 Å². The van der Waals surface area contributed by atoms with Crippen molar-refractivity contribution in [2.45, 2.75) is 11.5 Å². The summed E-state index contributed by atoms with van der Waals surface area (Å²) in [5.74, 6) is -0.332. The summed E-state index contributed by atoms with van der Waals surface area (Å²) >= 11 is 1.24. The second-order valence-electron chi connectivity index (χ2n) is 6.92. The normalized spacial score (nSPS) is 20.6. The zero-order chi connectivity index (χ0) is 20.6. The topological polar surface area (TPSA) is 56.2 Å². The van der Waals surface area contributed by atoms with Gasteiger partial charge in [0.1, 0.15) is 0 Å². The highest BCUT2D eigenvalue weighted by molar-refractivity contribution is 8.14. The van der Waals surface area contributed by atoms with Crippen molar-refractivity contribution in [1.29, 1.82) is 0 Å². The molecule has 0 unspecified atom stereocenters. The molecule has 7 heteroatoms. The first kappa shape index (κ1) is 18.4. The second kappa shape index (κ2) is 7.35. The first-order valence-electron chi connectivity index (χ1n) is 9.52. The number of carbonyl (C=O) groups excluding carboxylic acids is 2. The Morgan fingerprint density at radius 3 is 1.97 bits per heavy atom. The van der Waals surface area contributed by atoms with Crippen LogP contribution >= 0.6 is 11.8 Å². The third kappa shape index (κ3) is 2.78. The van der Waals surface area contributed by atoms with Gasteiger partial charge < -0.3 is 0 Å². The van der Waals surface area contributed by atoms with E-state index in [4.69, 9.17) is 0 Å². The minimum atomic E-state index is -1.32. The molecule has 0 N–H and O–H groups in total. The lowest BCUT2D eigenvalue weighted by atomic mass is 10.2. The molecule has 3 amide bonds. The summed E-state index contributed by atoms with van der Waals surface area (Å²) in [6.07, 6.45) is 0. The third-order valence-electron chi connectivity index (χ3n) is 5.12. The molecule has 2 aliphatic rings. The fraction of sp³-hybridized carbons (Fsp3) is 0.0870. The third-order valence-corrected chi connectivity index (χ3v) is 6.22. The number of rotatable bonds is 4. The van der Waals surface area contributed by atoms with Gasteiger partial charge in [0.2, 0.25) is 0 Å². The van der Waals surface area contributed by atoms with Gasteiger partial charge in [-0.1, -0.05) is 66.7 Å². The zero-order valence-electron chi connectivity index (χ0n) is 16.0. The van der Waals surface area contributed by atoms with E-state index in [9.17, 15) is 9.59 Å². The van der Waals surface area contributed by atoms with Crippen LogP contribution in [0.15, 0.2) is 96.1 Å². The van der Waals surface area contributed by atoms with E-state index in [1.165, 1.54) is 16.7 Å². The molecule has 1 fully saturated rings. The summed E-state index contributed by atoms with van der Waals surface area (Å²) in [7, 11) is 0. The molecule has 30 heavy (non-hydrogen) atoms. The highest BCUT2D eigenvalue weighted by atomic mass is 32.2. The first-order valence-corrected chi connectivity index (χ1v) is 10.4. The minimum Gasteiger partial charge on any atom is -0.268 e. The number of hydrazone groups is 1. The molecule has 0 aromatic heterocycles. The molecule has 3 aromatic rings. The van der Waals surface area contributed by atoms with Gasteiger partial charge in [0.15, 0.2) is 0 Å². The number of hydrogen-bond acceptors (Lipinski definition) is 5. The van der Waals surface area contributed by atoms with Crippen LogP contribution in [0, 0.1) is 0 Å². The van der Waals surface area contributed by atoms with E-state index in [1.54, 1.807) is 27.6 Å². The Hall–Kier alpha value is -3.58. The summed E-state index contributed by atoms with van der Waals surface area (Å²) in [4.78, 5) is 28.9. The van der Waals surface area contributed by atoms with Crippen LogP contribution in [0.2, 0.25) is 0 Å². The lowest BCUT2D eigenvalue weighted by Gasteiger charge is -2.37. The summed E-state index contributed by atoms with van der Waals surface area (Å²) < 4.78 is 0. The molecule has 0 aliphatic carbocycles. The number of amides is 3. The molecule has 2 heterocycles. The predicted octanol–water partition coefficient (Wildman–Crippen LogP) is 4.51. The van der Waals surface area contributed by atoms with Crippen LogP contribution in [0.5, 0.6) is 0 Å². The van der Waals surface area contributed by atoms with Gasteiger partial charge in [-0.15, -0.1) is 0 Å². The molecular weight excluding hydrogens is 396 g/mol. The fourth-order valence-corrected chi connectivity index (χ4v) is 4.77. The maximum atomic E-state index is 13.8. The molecule has 148 valence electrons. The van der Waals surface area contributed by atoms with Crippen LogP contribution in [-0.2, 0) is 11.3 Å². The van der Waals surface area contributed by atoms with E-state index in [-0.39, 0.29) is 5.91 Å². The lowest BCUT2D eigenvalue weighted by Crippen LogP contribution is -2.56. The number of hydrogen-bond donors (Lipinski definition) is 0.